The number of ether oxygens (including phenoxy) is 1. The molecule has 1 aromatic rings. The van der Waals surface area contributed by atoms with Gasteiger partial charge in [0.05, 0.1) is 0 Å². The highest BCUT2D eigenvalue weighted by Gasteiger charge is 2.47. The molecule has 2 heteroatoms. The predicted octanol–water partition coefficient (Wildman–Crippen LogP) is 3.58. The van der Waals surface area contributed by atoms with Crippen LogP contribution in [-0.2, 0) is 5.41 Å². The summed E-state index contributed by atoms with van der Waals surface area (Å²) in [6.07, 6.45) is 1.02. The summed E-state index contributed by atoms with van der Waals surface area (Å²) >= 11 is 0. The maximum absolute atomic E-state index is 10.9. The lowest BCUT2D eigenvalue weighted by atomic mass is 9.71. The Morgan fingerprint density at radius 3 is 2.47 bits per heavy atom. The summed E-state index contributed by atoms with van der Waals surface area (Å²) in [7, 11) is 0. The van der Waals surface area contributed by atoms with E-state index in [1.54, 1.807) is 0 Å². The first-order chi connectivity index (χ1) is 7.76. The van der Waals surface area contributed by atoms with Crippen molar-refractivity contribution in [3.05, 3.63) is 29.3 Å². The van der Waals surface area contributed by atoms with Crippen LogP contribution in [-0.4, -0.2) is 12.4 Å². The summed E-state index contributed by atoms with van der Waals surface area (Å²) in [6.45, 7) is 10.9. The molecule has 1 aliphatic heterocycles. The zero-order valence-corrected chi connectivity index (χ0v) is 11.2. The van der Waals surface area contributed by atoms with E-state index in [-0.39, 0.29) is 16.9 Å². The van der Waals surface area contributed by atoms with Gasteiger partial charge in [0.1, 0.15) is 18.1 Å². The third kappa shape index (κ3) is 1.86. The number of fused-ring (bicyclic) bond motifs is 1. The number of hydrogen-bond acceptors (Lipinski definition) is 2. The highest BCUT2D eigenvalue weighted by Crippen LogP contribution is 2.48. The molecule has 2 nitrogen and oxygen atoms in total. The van der Waals surface area contributed by atoms with E-state index in [0.717, 1.165) is 23.2 Å². The maximum atomic E-state index is 10.9. The highest BCUT2D eigenvalue weighted by atomic mass is 16.5. The molecule has 1 aromatic carbocycles. The van der Waals surface area contributed by atoms with Gasteiger partial charge in [-0.3, -0.25) is 4.79 Å². The van der Waals surface area contributed by atoms with Crippen molar-refractivity contribution in [3.8, 4) is 5.75 Å². The Hall–Kier alpha value is -1.31. The van der Waals surface area contributed by atoms with Crippen LogP contribution >= 0.6 is 0 Å². The summed E-state index contributed by atoms with van der Waals surface area (Å²) in [5.41, 5.74) is 1.87. The van der Waals surface area contributed by atoms with Gasteiger partial charge < -0.3 is 4.74 Å². The second-order valence-corrected chi connectivity index (χ2v) is 6.46. The van der Waals surface area contributed by atoms with Gasteiger partial charge in [-0.2, -0.15) is 0 Å². The average molecular weight is 232 g/mol. The lowest BCUT2D eigenvalue weighted by molar-refractivity contribution is 0.0562. The molecule has 92 valence electrons. The molecule has 1 unspecified atom stereocenters. The van der Waals surface area contributed by atoms with Crippen molar-refractivity contribution in [2.75, 3.05) is 0 Å². The zero-order chi connectivity index (χ0) is 12.8. The summed E-state index contributed by atoms with van der Waals surface area (Å²) in [5, 5.41) is 0. The van der Waals surface area contributed by atoms with Gasteiger partial charge in [0, 0.05) is 16.5 Å². The standard InChI is InChI=1S/C15H20O2/c1-14(2,3)13-15(4,5)11-8-10(9-16)6-7-12(11)17-13/h6-9,13H,1-5H3. The van der Waals surface area contributed by atoms with E-state index < -0.39 is 0 Å². The summed E-state index contributed by atoms with van der Waals surface area (Å²) in [6, 6.07) is 5.67. The fraction of sp³-hybridized carbons (Fsp3) is 0.533. The first kappa shape index (κ1) is 12.2. The van der Waals surface area contributed by atoms with Crippen molar-refractivity contribution in [2.45, 2.75) is 46.1 Å². The van der Waals surface area contributed by atoms with Crippen LogP contribution in [0.3, 0.4) is 0 Å². The molecule has 0 aliphatic carbocycles. The molecular formula is C15H20O2. The second kappa shape index (κ2) is 3.59. The van der Waals surface area contributed by atoms with Gasteiger partial charge in [-0.15, -0.1) is 0 Å². The van der Waals surface area contributed by atoms with Gasteiger partial charge in [-0.25, -0.2) is 0 Å². The van der Waals surface area contributed by atoms with Crippen molar-refractivity contribution in [1.29, 1.82) is 0 Å². The molecule has 0 N–H and O–H groups in total. The van der Waals surface area contributed by atoms with Crippen LogP contribution in [0.2, 0.25) is 0 Å². The van der Waals surface area contributed by atoms with Crippen molar-refractivity contribution >= 4 is 6.29 Å². The van der Waals surface area contributed by atoms with Gasteiger partial charge in [0.15, 0.2) is 0 Å². The van der Waals surface area contributed by atoms with E-state index in [1.165, 1.54) is 0 Å². The van der Waals surface area contributed by atoms with Crippen molar-refractivity contribution in [3.63, 3.8) is 0 Å². The fourth-order valence-corrected chi connectivity index (χ4v) is 2.90. The third-order valence-electron chi connectivity index (χ3n) is 3.52. The van der Waals surface area contributed by atoms with E-state index in [0.29, 0.717) is 0 Å². The minimum absolute atomic E-state index is 0.0629. The lowest BCUT2D eigenvalue weighted by Crippen LogP contribution is -2.42. The molecule has 1 aliphatic rings. The minimum atomic E-state index is -0.0629. The quantitative estimate of drug-likeness (QED) is 0.692. The largest absolute Gasteiger partial charge is 0.489 e. The lowest BCUT2D eigenvalue weighted by Gasteiger charge is -2.36. The van der Waals surface area contributed by atoms with Gasteiger partial charge in [0.25, 0.3) is 0 Å². The first-order valence-electron chi connectivity index (χ1n) is 6.03. The first-order valence-corrected chi connectivity index (χ1v) is 6.03. The van der Waals surface area contributed by atoms with Crippen LogP contribution in [0.25, 0.3) is 0 Å². The summed E-state index contributed by atoms with van der Waals surface area (Å²) in [4.78, 5) is 10.9. The predicted molar refractivity (Wildman–Crippen MR) is 68.7 cm³/mol. The second-order valence-electron chi connectivity index (χ2n) is 6.46. The molecule has 0 fully saturated rings. The van der Waals surface area contributed by atoms with Crippen LogP contribution < -0.4 is 4.74 Å². The maximum Gasteiger partial charge on any atom is 0.150 e. The molecule has 0 saturated carbocycles. The van der Waals surface area contributed by atoms with Gasteiger partial charge in [-0.05, 0) is 23.6 Å². The molecule has 2 rings (SSSR count). The Bertz CT molecular complexity index is 452. The Morgan fingerprint density at radius 2 is 1.94 bits per heavy atom. The number of hydrogen-bond donors (Lipinski definition) is 0. The minimum Gasteiger partial charge on any atom is -0.489 e. The third-order valence-corrected chi connectivity index (χ3v) is 3.52. The van der Waals surface area contributed by atoms with Crippen molar-refractivity contribution in [1.82, 2.24) is 0 Å². The Balaban J connectivity index is 2.51. The van der Waals surface area contributed by atoms with Crippen LogP contribution in [0.1, 0.15) is 50.5 Å². The number of carbonyl (C=O) groups excluding carboxylic acids is 1. The number of benzene rings is 1. The smallest absolute Gasteiger partial charge is 0.150 e. The molecular weight excluding hydrogens is 212 g/mol. The van der Waals surface area contributed by atoms with Gasteiger partial charge in [0.2, 0.25) is 0 Å². The van der Waals surface area contributed by atoms with Crippen LogP contribution in [0.15, 0.2) is 18.2 Å². The molecule has 0 bridgehead atoms. The number of aldehydes is 1. The molecule has 1 atom stereocenters. The van der Waals surface area contributed by atoms with Gasteiger partial charge in [-0.1, -0.05) is 34.6 Å². The molecule has 17 heavy (non-hydrogen) atoms. The molecule has 0 aromatic heterocycles. The highest BCUT2D eigenvalue weighted by molar-refractivity contribution is 5.76. The normalized spacial score (nSPS) is 21.8. The Labute approximate surface area is 103 Å². The van der Waals surface area contributed by atoms with E-state index in [1.807, 2.05) is 18.2 Å². The van der Waals surface area contributed by atoms with Crippen molar-refractivity contribution < 1.29 is 9.53 Å². The Morgan fingerprint density at radius 1 is 1.29 bits per heavy atom. The topological polar surface area (TPSA) is 26.3 Å². The zero-order valence-electron chi connectivity index (χ0n) is 11.2. The summed E-state index contributed by atoms with van der Waals surface area (Å²) < 4.78 is 6.07. The number of rotatable bonds is 1. The van der Waals surface area contributed by atoms with E-state index >= 15 is 0 Å². The molecule has 0 amide bonds. The van der Waals surface area contributed by atoms with E-state index in [2.05, 4.69) is 34.6 Å². The van der Waals surface area contributed by atoms with Crippen molar-refractivity contribution in [2.24, 2.45) is 5.41 Å². The van der Waals surface area contributed by atoms with Crippen LogP contribution in [0.5, 0.6) is 5.75 Å². The molecule has 0 radical (unpaired) electrons. The molecule has 0 saturated heterocycles. The van der Waals surface area contributed by atoms with Crippen LogP contribution in [0.4, 0.5) is 0 Å². The number of carbonyl (C=O) groups is 1. The monoisotopic (exact) mass is 232 g/mol. The Kier molecular flexibility index (Phi) is 2.57. The average Bonchev–Trinajstić information content (AvgIpc) is 2.50. The van der Waals surface area contributed by atoms with E-state index in [9.17, 15) is 4.79 Å². The van der Waals surface area contributed by atoms with Gasteiger partial charge >= 0.3 is 0 Å². The van der Waals surface area contributed by atoms with Crippen LogP contribution in [0, 0.1) is 5.41 Å². The molecule has 1 heterocycles. The summed E-state index contributed by atoms with van der Waals surface area (Å²) in [5.74, 6) is 0.917. The fourth-order valence-electron chi connectivity index (χ4n) is 2.90. The van der Waals surface area contributed by atoms with E-state index in [4.69, 9.17) is 4.74 Å². The SMILES string of the molecule is CC(C)(C)C1Oc2ccc(C=O)cc2C1(C)C. The molecule has 0 spiro atoms.